The van der Waals surface area contributed by atoms with E-state index >= 15 is 0 Å². The van der Waals surface area contributed by atoms with Gasteiger partial charge in [0.05, 0.1) is 16.1 Å². The highest BCUT2D eigenvalue weighted by atomic mass is 35.5. The average Bonchev–Trinajstić information content (AvgIpc) is 3.09. The van der Waals surface area contributed by atoms with E-state index < -0.39 is 0 Å². The van der Waals surface area contributed by atoms with Gasteiger partial charge in [0.1, 0.15) is 5.75 Å². The minimum atomic E-state index is -0.165. The molecule has 1 saturated heterocycles. The SMILES string of the molecule is CC(C(=O)N1CCN(C)CC1)c1ccc(Oc2nc3ccc(Cl)cc3s2)cc1. The highest BCUT2D eigenvalue weighted by Crippen LogP contribution is 2.33. The van der Waals surface area contributed by atoms with Crippen molar-refractivity contribution in [2.75, 3.05) is 33.2 Å². The molecular formula is C21H22ClN3O2S. The lowest BCUT2D eigenvalue weighted by molar-refractivity contribution is -0.134. The minimum Gasteiger partial charge on any atom is -0.431 e. The molecule has 1 aromatic heterocycles. The Hall–Kier alpha value is -2.15. The Bertz CT molecular complexity index is 981. The first-order valence-electron chi connectivity index (χ1n) is 9.31. The van der Waals surface area contributed by atoms with Crippen LogP contribution >= 0.6 is 22.9 Å². The molecule has 0 saturated carbocycles. The first-order valence-corrected chi connectivity index (χ1v) is 10.5. The van der Waals surface area contributed by atoms with Crippen molar-refractivity contribution in [3.8, 4) is 10.9 Å². The summed E-state index contributed by atoms with van der Waals surface area (Å²) in [5.74, 6) is 0.722. The molecule has 3 aromatic rings. The predicted molar refractivity (Wildman–Crippen MR) is 114 cm³/mol. The van der Waals surface area contributed by atoms with E-state index in [2.05, 4.69) is 16.9 Å². The Morgan fingerprint density at radius 3 is 2.57 bits per heavy atom. The Morgan fingerprint density at radius 1 is 1.14 bits per heavy atom. The van der Waals surface area contributed by atoms with Gasteiger partial charge in [0.25, 0.3) is 5.19 Å². The van der Waals surface area contributed by atoms with E-state index in [0.717, 1.165) is 42.0 Å². The van der Waals surface area contributed by atoms with E-state index in [4.69, 9.17) is 16.3 Å². The van der Waals surface area contributed by atoms with Gasteiger partial charge in [0.2, 0.25) is 5.91 Å². The van der Waals surface area contributed by atoms with Crippen molar-refractivity contribution in [2.45, 2.75) is 12.8 Å². The Morgan fingerprint density at radius 2 is 1.86 bits per heavy atom. The summed E-state index contributed by atoms with van der Waals surface area (Å²) in [6.45, 7) is 5.41. The number of amides is 1. The van der Waals surface area contributed by atoms with E-state index in [-0.39, 0.29) is 11.8 Å². The fourth-order valence-electron chi connectivity index (χ4n) is 3.29. The van der Waals surface area contributed by atoms with Crippen LogP contribution in [0.5, 0.6) is 10.9 Å². The maximum atomic E-state index is 12.8. The third kappa shape index (κ3) is 4.14. The summed E-state index contributed by atoms with van der Waals surface area (Å²) in [6.07, 6.45) is 0. The molecule has 1 fully saturated rings. The summed E-state index contributed by atoms with van der Waals surface area (Å²) in [5.41, 5.74) is 1.86. The zero-order chi connectivity index (χ0) is 19.7. The standard InChI is InChI=1S/C21H22ClN3O2S/c1-14(20(26)25-11-9-24(2)10-12-25)15-3-6-17(7-4-15)27-21-23-18-8-5-16(22)13-19(18)28-21/h3-8,13-14H,9-12H2,1-2H3. The molecule has 5 nitrogen and oxygen atoms in total. The number of likely N-dealkylation sites (N-methyl/N-ethyl adjacent to an activating group) is 1. The molecule has 7 heteroatoms. The zero-order valence-corrected chi connectivity index (χ0v) is 17.5. The summed E-state index contributed by atoms with van der Waals surface area (Å²) in [7, 11) is 2.09. The van der Waals surface area contributed by atoms with Gasteiger partial charge in [0, 0.05) is 31.2 Å². The molecule has 4 rings (SSSR count). The minimum absolute atomic E-state index is 0.165. The number of ether oxygens (including phenoxy) is 1. The van der Waals surface area contributed by atoms with E-state index in [1.807, 2.05) is 54.3 Å². The largest absolute Gasteiger partial charge is 0.431 e. The van der Waals surface area contributed by atoms with Crippen LogP contribution in [0, 0.1) is 0 Å². The highest BCUT2D eigenvalue weighted by Gasteiger charge is 2.24. The van der Waals surface area contributed by atoms with Crippen LogP contribution in [-0.2, 0) is 4.79 Å². The van der Waals surface area contributed by atoms with Crippen molar-refractivity contribution >= 4 is 39.1 Å². The summed E-state index contributed by atoms with van der Waals surface area (Å²) in [4.78, 5) is 21.4. The molecule has 2 heterocycles. The molecule has 0 spiro atoms. The lowest BCUT2D eigenvalue weighted by atomic mass is 9.99. The molecule has 0 aliphatic carbocycles. The molecule has 0 N–H and O–H groups in total. The van der Waals surface area contributed by atoms with Gasteiger partial charge in [-0.2, -0.15) is 0 Å². The van der Waals surface area contributed by atoms with Gasteiger partial charge < -0.3 is 14.5 Å². The molecule has 1 unspecified atom stereocenters. The third-order valence-corrected chi connectivity index (χ3v) is 6.23. The lowest BCUT2D eigenvalue weighted by Gasteiger charge is -2.34. The van der Waals surface area contributed by atoms with Crippen LogP contribution in [0.25, 0.3) is 10.2 Å². The van der Waals surface area contributed by atoms with Crippen LogP contribution in [0.15, 0.2) is 42.5 Å². The first-order chi connectivity index (χ1) is 13.5. The second-order valence-corrected chi connectivity index (χ2v) is 8.54. The molecular weight excluding hydrogens is 394 g/mol. The predicted octanol–water partition coefficient (Wildman–Crippen LogP) is 4.62. The van der Waals surface area contributed by atoms with Crippen molar-refractivity contribution < 1.29 is 9.53 Å². The molecule has 0 radical (unpaired) electrons. The van der Waals surface area contributed by atoms with Crippen molar-refractivity contribution in [3.05, 3.63) is 53.1 Å². The molecule has 146 valence electrons. The number of carbonyl (C=O) groups is 1. The van der Waals surface area contributed by atoms with Crippen molar-refractivity contribution in [2.24, 2.45) is 0 Å². The number of carbonyl (C=O) groups excluding carboxylic acids is 1. The number of thiazole rings is 1. The number of nitrogens with zero attached hydrogens (tertiary/aromatic N) is 3. The van der Waals surface area contributed by atoms with E-state index in [0.29, 0.717) is 16.0 Å². The van der Waals surface area contributed by atoms with Gasteiger partial charge in [-0.1, -0.05) is 35.1 Å². The molecule has 28 heavy (non-hydrogen) atoms. The Kier molecular flexibility index (Phi) is 5.53. The quantitative estimate of drug-likeness (QED) is 0.623. The normalized spacial score (nSPS) is 16.3. The molecule has 0 bridgehead atoms. The number of fused-ring (bicyclic) bond motifs is 1. The fourth-order valence-corrected chi connectivity index (χ4v) is 4.40. The zero-order valence-electron chi connectivity index (χ0n) is 15.9. The lowest BCUT2D eigenvalue weighted by Crippen LogP contribution is -2.48. The first kappa shape index (κ1) is 19.2. The molecule has 1 aliphatic heterocycles. The van der Waals surface area contributed by atoms with Crippen LogP contribution in [-0.4, -0.2) is 53.9 Å². The van der Waals surface area contributed by atoms with Crippen molar-refractivity contribution in [3.63, 3.8) is 0 Å². The van der Waals surface area contributed by atoms with E-state index in [1.54, 1.807) is 0 Å². The summed E-state index contributed by atoms with van der Waals surface area (Å²) >= 11 is 7.49. The number of halogens is 1. The monoisotopic (exact) mass is 415 g/mol. The second kappa shape index (κ2) is 8.07. The van der Waals surface area contributed by atoms with Crippen LogP contribution < -0.4 is 4.74 Å². The van der Waals surface area contributed by atoms with Gasteiger partial charge in [-0.25, -0.2) is 4.98 Å². The number of hydrogen-bond donors (Lipinski definition) is 0. The van der Waals surface area contributed by atoms with Gasteiger partial charge in [-0.15, -0.1) is 0 Å². The van der Waals surface area contributed by atoms with Crippen molar-refractivity contribution in [1.29, 1.82) is 0 Å². The Balaban J connectivity index is 1.43. The number of aromatic nitrogens is 1. The van der Waals surface area contributed by atoms with Gasteiger partial charge in [0.15, 0.2) is 0 Å². The number of hydrogen-bond acceptors (Lipinski definition) is 5. The average molecular weight is 416 g/mol. The topological polar surface area (TPSA) is 45.7 Å². The molecule has 2 aromatic carbocycles. The van der Waals surface area contributed by atoms with E-state index in [9.17, 15) is 4.79 Å². The summed E-state index contributed by atoms with van der Waals surface area (Å²) in [6, 6.07) is 13.3. The van der Waals surface area contributed by atoms with Gasteiger partial charge in [-0.3, -0.25) is 4.79 Å². The van der Waals surface area contributed by atoms with Gasteiger partial charge in [-0.05, 0) is 49.9 Å². The van der Waals surface area contributed by atoms with Gasteiger partial charge >= 0.3 is 0 Å². The molecule has 1 atom stereocenters. The maximum Gasteiger partial charge on any atom is 0.279 e. The number of rotatable bonds is 4. The third-order valence-electron chi connectivity index (χ3n) is 5.10. The molecule has 1 amide bonds. The second-order valence-electron chi connectivity index (χ2n) is 7.11. The maximum absolute atomic E-state index is 12.8. The van der Waals surface area contributed by atoms with E-state index in [1.165, 1.54) is 11.3 Å². The number of piperazine rings is 1. The van der Waals surface area contributed by atoms with Crippen LogP contribution in [0.3, 0.4) is 0 Å². The molecule has 1 aliphatic rings. The summed E-state index contributed by atoms with van der Waals surface area (Å²) < 4.78 is 6.88. The van der Waals surface area contributed by atoms with Crippen LogP contribution in [0.2, 0.25) is 5.02 Å². The summed E-state index contributed by atoms with van der Waals surface area (Å²) in [5, 5.41) is 1.26. The van der Waals surface area contributed by atoms with Crippen molar-refractivity contribution in [1.82, 2.24) is 14.8 Å². The Labute approximate surface area is 173 Å². The number of benzene rings is 2. The van der Waals surface area contributed by atoms with Crippen LogP contribution in [0.4, 0.5) is 0 Å². The fraction of sp³-hybridized carbons (Fsp3) is 0.333. The smallest absolute Gasteiger partial charge is 0.279 e. The van der Waals surface area contributed by atoms with Crippen LogP contribution in [0.1, 0.15) is 18.4 Å². The highest BCUT2D eigenvalue weighted by molar-refractivity contribution is 7.20.